The van der Waals surface area contributed by atoms with E-state index in [4.69, 9.17) is 4.74 Å². The summed E-state index contributed by atoms with van der Waals surface area (Å²) in [4.78, 5) is 0. The molecule has 3 nitrogen and oxygen atoms in total. The molecule has 0 aromatic rings. The molecule has 1 saturated heterocycles. The van der Waals surface area contributed by atoms with Crippen molar-refractivity contribution in [1.82, 2.24) is 0 Å². The van der Waals surface area contributed by atoms with Crippen LogP contribution in [0.25, 0.3) is 0 Å². The van der Waals surface area contributed by atoms with Gasteiger partial charge in [-0.1, -0.05) is 0 Å². The molecule has 2 aliphatic rings. The Kier molecular flexibility index (Phi) is 1.36. The van der Waals surface area contributed by atoms with Crippen LogP contribution in [-0.2, 0) is 14.6 Å². The predicted molar refractivity (Wildman–Crippen MR) is 41.2 cm³/mol. The van der Waals surface area contributed by atoms with Crippen molar-refractivity contribution in [2.75, 3.05) is 12.9 Å². The Balaban J connectivity index is 2.30. The zero-order chi connectivity index (χ0) is 8.11. The van der Waals surface area contributed by atoms with Crippen molar-refractivity contribution in [2.45, 2.75) is 30.1 Å². The number of hydrogen-bond acceptors (Lipinski definition) is 3. The van der Waals surface area contributed by atoms with Crippen LogP contribution in [0, 0.1) is 0 Å². The maximum atomic E-state index is 11.2. The maximum Gasteiger partial charge on any atom is 0.158 e. The second-order valence-electron chi connectivity index (χ2n) is 3.46. The minimum Gasteiger partial charge on any atom is -0.376 e. The van der Waals surface area contributed by atoms with Gasteiger partial charge in [0.15, 0.2) is 9.84 Å². The molecule has 64 valence electrons. The highest BCUT2D eigenvalue weighted by atomic mass is 32.2. The van der Waals surface area contributed by atoms with Gasteiger partial charge in [0.25, 0.3) is 0 Å². The van der Waals surface area contributed by atoms with Gasteiger partial charge in [-0.15, -0.1) is 0 Å². The molecule has 1 heterocycles. The molecular formula is C7H12O3S. The summed E-state index contributed by atoms with van der Waals surface area (Å²) in [5.74, 6) is 0.251. The summed E-state index contributed by atoms with van der Waals surface area (Å²) in [6.45, 7) is 0. The van der Waals surface area contributed by atoms with Gasteiger partial charge in [-0.25, -0.2) is 8.42 Å². The van der Waals surface area contributed by atoms with Crippen LogP contribution in [0.1, 0.15) is 19.3 Å². The van der Waals surface area contributed by atoms with Crippen molar-refractivity contribution < 1.29 is 13.2 Å². The van der Waals surface area contributed by atoms with Gasteiger partial charge in [-0.3, -0.25) is 0 Å². The number of methoxy groups -OCH3 is 1. The molecule has 1 aliphatic heterocycles. The van der Waals surface area contributed by atoms with Crippen molar-refractivity contribution in [3.63, 3.8) is 0 Å². The first-order valence-electron chi connectivity index (χ1n) is 3.87. The van der Waals surface area contributed by atoms with E-state index >= 15 is 0 Å². The quantitative estimate of drug-likeness (QED) is 0.579. The Morgan fingerprint density at radius 3 is 2.73 bits per heavy atom. The van der Waals surface area contributed by atoms with E-state index in [1.807, 2.05) is 0 Å². The Bertz CT molecular complexity index is 269. The average Bonchev–Trinajstić information content (AvgIpc) is 2.28. The van der Waals surface area contributed by atoms with E-state index in [2.05, 4.69) is 0 Å². The van der Waals surface area contributed by atoms with E-state index in [0.717, 1.165) is 19.3 Å². The standard InChI is InChI=1S/C7H12O3S/c1-10-7-4-2-3-6(7)11(8,9)5-7/h6H,2-5H2,1H3. The van der Waals surface area contributed by atoms with Crippen molar-refractivity contribution >= 4 is 9.84 Å². The van der Waals surface area contributed by atoms with Crippen LogP contribution < -0.4 is 0 Å². The largest absolute Gasteiger partial charge is 0.376 e. The minimum atomic E-state index is -2.75. The molecule has 0 N–H and O–H groups in total. The number of rotatable bonds is 1. The monoisotopic (exact) mass is 176 g/mol. The third kappa shape index (κ3) is 0.796. The van der Waals surface area contributed by atoms with Crippen molar-refractivity contribution in [2.24, 2.45) is 0 Å². The molecular weight excluding hydrogens is 164 g/mol. The Labute approximate surface area is 66.7 Å². The SMILES string of the molecule is COC12CCCC1S(=O)(=O)C2. The lowest BCUT2D eigenvalue weighted by atomic mass is 10.0. The third-order valence-electron chi connectivity index (χ3n) is 2.94. The van der Waals surface area contributed by atoms with Crippen molar-refractivity contribution in [3.8, 4) is 0 Å². The zero-order valence-corrected chi connectivity index (χ0v) is 7.36. The lowest BCUT2D eigenvalue weighted by Crippen LogP contribution is -2.60. The number of hydrogen-bond donors (Lipinski definition) is 0. The first-order valence-corrected chi connectivity index (χ1v) is 5.59. The van der Waals surface area contributed by atoms with E-state index < -0.39 is 9.84 Å². The summed E-state index contributed by atoms with van der Waals surface area (Å²) in [6.07, 6.45) is 2.72. The first-order chi connectivity index (χ1) is 5.11. The summed E-state index contributed by atoms with van der Waals surface area (Å²) in [5.41, 5.74) is -0.279. The molecule has 1 aliphatic carbocycles. The van der Waals surface area contributed by atoms with Gasteiger partial charge in [0.2, 0.25) is 0 Å². The molecule has 0 radical (unpaired) electrons. The topological polar surface area (TPSA) is 43.4 Å². The third-order valence-corrected chi connectivity index (χ3v) is 5.36. The van der Waals surface area contributed by atoms with Gasteiger partial charge >= 0.3 is 0 Å². The fourth-order valence-corrected chi connectivity index (χ4v) is 4.84. The molecule has 0 bridgehead atoms. The molecule has 1 saturated carbocycles. The summed E-state index contributed by atoms with van der Waals surface area (Å²) in [7, 11) is -1.14. The summed E-state index contributed by atoms with van der Waals surface area (Å²) in [6, 6.07) is 0. The second kappa shape index (κ2) is 1.98. The molecule has 4 heteroatoms. The fourth-order valence-electron chi connectivity index (χ4n) is 2.32. The molecule has 2 unspecified atom stereocenters. The van der Waals surface area contributed by atoms with Gasteiger partial charge in [0, 0.05) is 7.11 Å². The van der Waals surface area contributed by atoms with E-state index in [1.54, 1.807) is 7.11 Å². The highest BCUT2D eigenvalue weighted by Crippen LogP contribution is 2.47. The molecule has 0 aromatic carbocycles. The second-order valence-corrected chi connectivity index (χ2v) is 5.64. The van der Waals surface area contributed by atoms with E-state index in [1.165, 1.54) is 0 Å². The zero-order valence-electron chi connectivity index (χ0n) is 6.54. The average molecular weight is 176 g/mol. The van der Waals surface area contributed by atoms with Gasteiger partial charge in [0.1, 0.15) is 0 Å². The molecule has 0 spiro atoms. The van der Waals surface area contributed by atoms with Crippen LogP contribution in [0.2, 0.25) is 0 Å². The first kappa shape index (κ1) is 7.55. The van der Waals surface area contributed by atoms with E-state index in [-0.39, 0.29) is 16.6 Å². The van der Waals surface area contributed by atoms with Gasteiger partial charge in [-0.05, 0) is 19.3 Å². The Morgan fingerprint density at radius 2 is 2.27 bits per heavy atom. The van der Waals surface area contributed by atoms with Crippen molar-refractivity contribution in [3.05, 3.63) is 0 Å². The smallest absolute Gasteiger partial charge is 0.158 e. The number of sulfone groups is 1. The summed E-state index contributed by atoms with van der Waals surface area (Å²) >= 11 is 0. The highest BCUT2D eigenvalue weighted by Gasteiger charge is 2.61. The van der Waals surface area contributed by atoms with E-state index in [9.17, 15) is 8.42 Å². The predicted octanol–water partition coefficient (Wildman–Crippen LogP) is 0.353. The van der Waals surface area contributed by atoms with Crippen LogP contribution >= 0.6 is 0 Å². The van der Waals surface area contributed by atoms with Gasteiger partial charge in [0.05, 0.1) is 16.6 Å². The lowest BCUT2D eigenvalue weighted by molar-refractivity contribution is 0.00379. The molecule has 2 atom stereocenters. The lowest BCUT2D eigenvalue weighted by Gasteiger charge is -2.42. The highest BCUT2D eigenvalue weighted by molar-refractivity contribution is 7.93. The Morgan fingerprint density at radius 1 is 1.55 bits per heavy atom. The maximum absolute atomic E-state index is 11.2. The van der Waals surface area contributed by atoms with Gasteiger partial charge in [-0.2, -0.15) is 0 Å². The summed E-state index contributed by atoms with van der Waals surface area (Å²) in [5, 5.41) is -0.181. The van der Waals surface area contributed by atoms with Crippen LogP contribution in [0.3, 0.4) is 0 Å². The fraction of sp³-hybridized carbons (Fsp3) is 1.00. The molecule has 2 fully saturated rings. The number of ether oxygens (including phenoxy) is 1. The van der Waals surface area contributed by atoms with E-state index in [0.29, 0.717) is 0 Å². The molecule has 0 aromatic heterocycles. The van der Waals surface area contributed by atoms with Gasteiger partial charge < -0.3 is 4.74 Å². The molecule has 2 rings (SSSR count). The van der Waals surface area contributed by atoms with Crippen LogP contribution in [0.15, 0.2) is 0 Å². The van der Waals surface area contributed by atoms with Crippen LogP contribution in [-0.4, -0.2) is 32.1 Å². The normalized spacial score (nSPS) is 46.5. The van der Waals surface area contributed by atoms with Crippen LogP contribution in [0.5, 0.6) is 0 Å². The molecule has 0 amide bonds. The minimum absolute atomic E-state index is 0.181. The Hall–Kier alpha value is -0.0900. The molecule has 11 heavy (non-hydrogen) atoms. The van der Waals surface area contributed by atoms with Crippen LogP contribution in [0.4, 0.5) is 0 Å². The summed E-state index contributed by atoms with van der Waals surface area (Å²) < 4.78 is 27.6. The van der Waals surface area contributed by atoms with Crippen molar-refractivity contribution in [1.29, 1.82) is 0 Å². The number of fused-ring (bicyclic) bond motifs is 1.